The molecule has 0 amide bonds. The van der Waals surface area contributed by atoms with E-state index in [0.717, 1.165) is 35.9 Å². The van der Waals surface area contributed by atoms with Crippen LogP contribution in [0.1, 0.15) is 28.3 Å². The Kier molecular flexibility index (Phi) is 4.54. The molecule has 3 heterocycles. The van der Waals surface area contributed by atoms with Gasteiger partial charge in [-0.05, 0) is 42.8 Å². The van der Waals surface area contributed by atoms with E-state index in [-0.39, 0.29) is 5.92 Å². The van der Waals surface area contributed by atoms with Crippen LogP contribution in [0.5, 0.6) is 11.6 Å². The average molecular weight is 385 g/mol. The molecule has 4 aromatic rings. The Morgan fingerprint density at radius 1 is 1.14 bits per heavy atom. The third-order valence-corrected chi connectivity index (χ3v) is 5.18. The predicted molar refractivity (Wildman–Crippen MR) is 109 cm³/mol. The first-order valence-corrected chi connectivity index (χ1v) is 9.56. The van der Waals surface area contributed by atoms with Gasteiger partial charge in [0.2, 0.25) is 5.88 Å². The number of H-pyrrole nitrogens is 1. The second-order valence-electron chi connectivity index (χ2n) is 7.03. The van der Waals surface area contributed by atoms with Gasteiger partial charge in [-0.25, -0.2) is 9.97 Å². The molecule has 1 aliphatic heterocycles. The number of nitrogens with one attached hydrogen (secondary N) is 1. The van der Waals surface area contributed by atoms with Crippen molar-refractivity contribution in [3.05, 3.63) is 71.9 Å². The van der Waals surface area contributed by atoms with Crippen LogP contribution < -0.4 is 4.74 Å². The molecule has 5 rings (SSSR count). The fourth-order valence-electron chi connectivity index (χ4n) is 3.68. The van der Waals surface area contributed by atoms with Crippen LogP contribution in [0, 0.1) is 0 Å². The van der Waals surface area contributed by atoms with E-state index >= 15 is 0 Å². The van der Waals surface area contributed by atoms with Gasteiger partial charge in [-0.1, -0.05) is 18.2 Å². The number of para-hydroxylation sites is 2. The second-order valence-corrected chi connectivity index (χ2v) is 7.03. The van der Waals surface area contributed by atoms with Gasteiger partial charge in [0.15, 0.2) is 6.29 Å². The van der Waals surface area contributed by atoms with Crippen LogP contribution in [0.15, 0.2) is 60.8 Å². The van der Waals surface area contributed by atoms with Crippen molar-refractivity contribution in [1.82, 2.24) is 15.0 Å². The van der Waals surface area contributed by atoms with Crippen molar-refractivity contribution < 1.29 is 14.3 Å². The van der Waals surface area contributed by atoms with Crippen molar-refractivity contribution in [2.75, 3.05) is 13.2 Å². The van der Waals surface area contributed by atoms with Crippen LogP contribution in [0.3, 0.4) is 0 Å². The Hall–Kier alpha value is -3.51. The summed E-state index contributed by atoms with van der Waals surface area (Å²) in [5.41, 5.74) is 4.03. The van der Waals surface area contributed by atoms with Crippen molar-refractivity contribution >= 4 is 17.3 Å². The van der Waals surface area contributed by atoms with Gasteiger partial charge in [0, 0.05) is 35.4 Å². The zero-order chi connectivity index (χ0) is 19.6. The molecule has 1 atom stereocenters. The molecule has 1 saturated heterocycles. The molecule has 0 spiro atoms. The Labute approximate surface area is 167 Å². The SMILES string of the molecule is O=Cc1ccc(Oc2ncccc2[C@@H]2CCOC2)cc1-c1nc2ccccc2[nH]1. The van der Waals surface area contributed by atoms with E-state index in [1.807, 2.05) is 42.5 Å². The Bertz CT molecular complexity index is 1150. The highest BCUT2D eigenvalue weighted by atomic mass is 16.5. The largest absolute Gasteiger partial charge is 0.439 e. The Morgan fingerprint density at radius 2 is 2.07 bits per heavy atom. The van der Waals surface area contributed by atoms with Gasteiger partial charge in [-0.2, -0.15) is 0 Å². The van der Waals surface area contributed by atoms with Crippen LogP contribution in [-0.2, 0) is 4.74 Å². The summed E-state index contributed by atoms with van der Waals surface area (Å²) in [6, 6.07) is 17.0. The number of rotatable bonds is 5. The fraction of sp³-hybridized carbons (Fsp3) is 0.174. The van der Waals surface area contributed by atoms with Crippen LogP contribution in [-0.4, -0.2) is 34.5 Å². The summed E-state index contributed by atoms with van der Waals surface area (Å²) < 4.78 is 11.7. The smallest absolute Gasteiger partial charge is 0.222 e. The van der Waals surface area contributed by atoms with Gasteiger partial charge in [0.1, 0.15) is 11.6 Å². The van der Waals surface area contributed by atoms with Gasteiger partial charge in [0.25, 0.3) is 0 Å². The molecule has 144 valence electrons. The maximum atomic E-state index is 11.6. The van der Waals surface area contributed by atoms with Gasteiger partial charge in [-0.3, -0.25) is 4.79 Å². The van der Waals surface area contributed by atoms with Gasteiger partial charge >= 0.3 is 0 Å². The lowest BCUT2D eigenvalue weighted by molar-refractivity contribution is 0.112. The number of carbonyl (C=O) groups is 1. The number of hydrogen-bond donors (Lipinski definition) is 1. The zero-order valence-corrected chi connectivity index (χ0v) is 15.7. The number of aromatic nitrogens is 3. The summed E-state index contributed by atoms with van der Waals surface area (Å²) in [5, 5.41) is 0. The molecule has 1 aliphatic rings. The third kappa shape index (κ3) is 3.39. The number of ether oxygens (including phenoxy) is 2. The quantitative estimate of drug-likeness (QED) is 0.503. The average Bonchev–Trinajstić information content (AvgIpc) is 3.44. The topological polar surface area (TPSA) is 77.1 Å². The van der Waals surface area contributed by atoms with E-state index < -0.39 is 0 Å². The summed E-state index contributed by atoms with van der Waals surface area (Å²) in [5.74, 6) is 2.08. The van der Waals surface area contributed by atoms with Gasteiger partial charge in [0.05, 0.1) is 17.6 Å². The van der Waals surface area contributed by atoms with Crippen molar-refractivity contribution in [3.8, 4) is 23.0 Å². The third-order valence-electron chi connectivity index (χ3n) is 5.18. The lowest BCUT2D eigenvalue weighted by Gasteiger charge is -2.14. The molecule has 0 aliphatic carbocycles. The molecule has 6 nitrogen and oxygen atoms in total. The summed E-state index contributed by atoms with van der Waals surface area (Å²) in [7, 11) is 0. The van der Waals surface area contributed by atoms with Gasteiger partial charge < -0.3 is 14.5 Å². The first kappa shape index (κ1) is 17.6. The molecule has 2 aromatic heterocycles. The molecular weight excluding hydrogens is 366 g/mol. The molecule has 0 radical (unpaired) electrons. The van der Waals surface area contributed by atoms with E-state index in [0.29, 0.717) is 35.2 Å². The first-order valence-electron chi connectivity index (χ1n) is 9.56. The highest BCUT2D eigenvalue weighted by molar-refractivity contribution is 5.89. The minimum Gasteiger partial charge on any atom is -0.439 e. The van der Waals surface area contributed by atoms with E-state index in [1.54, 1.807) is 18.3 Å². The Morgan fingerprint density at radius 3 is 2.90 bits per heavy atom. The van der Waals surface area contributed by atoms with Crippen molar-refractivity contribution in [1.29, 1.82) is 0 Å². The predicted octanol–water partition coefficient (Wildman–Crippen LogP) is 4.73. The lowest BCUT2D eigenvalue weighted by Crippen LogP contribution is -2.02. The summed E-state index contributed by atoms with van der Waals surface area (Å²) in [6.07, 6.45) is 3.50. The number of nitrogens with zero attached hydrogens (tertiary/aromatic N) is 2. The molecule has 1 N–H and O–H groups in total. The van der Waals surface area contributed by atoms with Gasteiger partial charge in [-0.15, -0.1) is 0 Å². The van der Waals surface area contributed by atoms with Crippen molar-refractivity contribution in [3.63, 3.8) is 0 Å². The standard InChI is InChI=1S/C23H19N3O3/c27-13-15-7-8-17(12-19(15)22-25-20-5-1-2-6-21(20)26-22)29-23-18(4-3-10-24-23)16-9-11-28-14-16/h1-8,10,12-13,16H,9,11,14H2,(H,25,26)/t16-/m1/s1. The number of aromatic amines is 1. The zero-order valence-electron chi connectivity index (χ0n) is 15.7. The monoisotopic (exact) mass is 385 g/mol. The summed E-state index contributed by atoms with van der Waals surface area (Å²) in [4.78, 5) is 23.9. The van der Waals surface area contributed by atoms with E-state index in [1.165, 1.54) is 0 Å². The molecule has 6 heteroatoms. The van der Waals surface area contributed by atoms with Crippen LogP contribution in [0.2, 0.25) is 0 Å². The molecule has 29 heavy (non-hydrogen) atoms. The minimum atomic E-state index is 0.280. The summed E-state index contributed by atoms with van der Waals surface area (Å²) in [6.45, 7) is 1.43. The van der Waals surface area contributed by atoms with E-state index in [4.69, 9.17) is 9.47 Å². The lowest BCUT2D eigenvalue weighted by atomic mass is 10.00. The Balaban J connectivity index is 1.53. The molecule has 0 unspecified atom stereocenters. The number of imidazole rings is 1. The minimum absolute atomic E-state index is 0.280. The highest BCUT2D eigenvalue weighted by Gasteiger charge is 2.22. The first-order chi connectivity index (χ1) is 14.3. The molecule has 2 aromatic carbocycles. The maximum Gasteiger partial charge on any atom is 0.222 e. The number of carbonyl (C=O) groups excluding carboxylic acids is 1. The maximum absolute atomic E-state index is 11.6. The van der Waals surface area contributed by atoms with Crippen LogP contribution >= 0.6 is 0 Å². The molecular formula is C23H19N3O3. The molecule has 0 bridgehead atoms. The number of fused-ring (bicyclic) bond motifs is 1. The van der Waals surface area contributed by atoms with Crippen LogP contribution in [0.25, 0.3) is 22.4 Å². The number of hydrogen-bond acceptors (Lipinski definition) is 5. The van der Waals surface area contributed by atoms with Crippen molar-refractivity contribution in [2.45, 2.75) is 12.3 Å². The van der Waals surface area contributed by atoms with Crippen LogP contribution in [0.4, 0.5) is 0 Å². The fourth-order valence-corrected chi connectivity index (χ4v) is 3.68. The number of benzene rings is 2. The highest BCUT2D eigenvalue weighted by Crippen LogP contribution is 2.35. The second kappa shape index (κ2) is 7.48. The van der Waals surface area contributed by atoms with Crippen molar-refractivity contribution in [2.24, 2.45) is 0 Å². The molecule has 1 fully saturated rings. The normalized spacial score (nSPS) is 16.2. The number of pyridine rings is 1. The van der Waals surface area contributed by atoms with E-state index in [9.17, 15) is 4.79 Å². The summed E-state index contributed by atoms with van der Waals surface area (Å²) >= 11 is 0. The molecule has 0 saturated carbocycles. The number of aldehydes is 1. The van der Waals surface area contributed by atoms with E-state index in [2.05, 4.69) is 15.0 Å².